The second kappa shape index (κ2) is 8.94. The number of hydrogen-bond donors (Lipinski definition) is 2. The van der Waals surface area contributed by atoms with Crippen LogP contribution in [0.4, 0.5) is 0 Å². The zero-order chi connectivity index (χ0) is 24.8. The third-order valence-electron chi connectivity index (χ3n) is 8.40. The van der Waals surface area contributed by atoms with Crippen molar-refractivity contribution >= 4 is 17.7 Å². The van der Waals surface area contributed by atoms with E-state index < -0.39 is 29.1 Å². The van der Waals surface area contributed by atoms with Gasteiger partial charge in [0.25, 0.3) is 0 Å². The molecule has 3 aliphatic heterocycles. The third-order valence-corrected chi connectivity index (χ3v) is 8.40. The van der Waals surface area contributed by atoms with Crippen molar-refractivity contribution in [2.24, 2.45) is 17.8 Å². The highest BCUT2D eigenvalue weighted by Crippen LogP contribution is 2.59. The average Bonchev–Trinajstić information content (AvgIpc) is 3.41. The molecule has 186 valence electrons. The summed E-state index contributed by atoms with van der Waals surface area (Å²) >= 11 is 0. The molecule has 3 fully saturated rings. The molecule has 2 saturated heterocycles. The summed E-state index contributed by atoms with van der Waals surface area (Å²) in [6, 6.07) is 8.87. The molecule has 5 rings (SSSR count). The second-order valence-corrected chi connectivity index (χ2v) is 10.7. The van der Waals surface area contributed by atoms with E-state index in [1.807, 2.05) is 49.4 Å². The number of amides is 3. The van der Waals surface area contributed by atoms with Gasteiger partial charge in [-0.3, -0.25) is 14.4 Å². The molecule has 1 aromatic carbocycles. The molecule has 3 amide bonds. The van der Waals surface area contributed by atoms with Gasteiger partial charge in [-0.2, -0.15) is 0 Å². The molecule has 7 atom stereocenters. The summed E-state index contributed by atoms with van der Waals surface area (Å²) in [5, 5.41) is 6.23. The van der Waals surface area contributed by atoms with E-state index in [1.165, 1.54) is 11.3 Å². The first-order valence-electron chi connectivity index (χ1n) is 12.7. The van der Waals surface area contributed by atoms with Gasteiger partial charge < -0.3 is 20.3 Å². The molecule has 1 spiro atoms. The number of rotatable bonds is 7. The van der Waals surface area contributed by atoms with E-state index in [2.05, 4.69) is 24.1 Å². The van der Waals surface area contributed by atoms with Gasteiger partial charge in [-0.1, -0.05) is 68.3 Å². The van der Waals surface area contributed by atoms with Crippen molar-refractivity contribution in [3.05, 3.63) is 60.7 Å². The lowest BCUT2D eigenvalue weighted by molar-refractivity contribution is -0.144. The third kappa shape index (κ3) is 3.80. The highest BCUT2D eigenvalue weighted by atomic mass is 16.5. The van der Waals surface area contributed by atoms with Crippen LogP contribution in [0.25, 0.3) is 0 Å². The van der Waals surface area contributed by atoms with Crippen LogP contribution < -0.4 is 10.6 Å². The highest BCUT2D eigenvalue weighted by molar-refractivity contribution is 6.00. The Morgan fingerprint density at radius 2 is 1.91 bits per heavy atom. The van der Waals surface area contributed by atoms with Crippen molar-refractivity contribution in [3.63, 3.8) is 0 Å². The van der Waals surface area contributed by atoms with Gasteiger partial charge in [0.05, 0.1) is 17.4 Å². The van der Waals surface area contributed by atoms with E-state index in [0.717, 1.165) is 24.8 Å². The van der Waals surface area contributed by atoms with Gasteiger partial charge in [-0.25, -0.2) is 0 Å². The fraction of sp³-hybridized carbons (Fsp3) is 0.536. The van der Waals surface area contributed by atoms with E-state index in [1.54, 1.807) is 6.08 Å². The molecule has 7 nitrogen and oxygen atoms in total. The molecule has 0 unspecified atom stereocenters. The number of hydrogen-bond acceptors (Lipinski definition) is 4. The quantitative estimate of drug-likeness (QED) is 0.591. The molecule has 1 saturated carbocycles. The number of nitrogens with zero attached hydrogens (tertiary/aromatic N) is 1. The number of nitrogens with one attached hydrogen (secondary N) is 2. The maximum Gasteiger partial charge on any atom is 0.246 e. The largest absolute Gasteiger partial charge is 0.356 e. The molecule has 2 N–H and O–H groups in total. The van der Waals surface area contributed by atoms with Gasteiger partial charge >= 0.3 is 0 Å². The van der Waals surface area contributed by atoms with Gasteiger partial charge in [0.15, 0.2) is 0 Å². The fourth-order valence-electron chi connectivity index (χ4n) is 6.65. The van der Waals surface area contributed by atoms with Gasteiger partial charge in [0.1, 0.15) is 11.6 Å². The van der Waals surface area contributed by atoms with Crippen molar-refractivity contribution in [2.75, 3.05) is 6.54 Å². The Morgan fingerprint density at radius 1 is 1.17 bits per heavy atom. The normalized spacial score (nSPS) is 37.3. The molecule has 0 aromatic heterocycles. The molecule has 4 aliphatic rings. The zero-order valence-electron chi connectivity index (χ0n) is 20.5. The number of benzene rings is 1. The summed E-state index contributed by atoms with van der Waals surface area (Å²) in [5.74, 6) is -1.70. The van der Waals surface area contributed by atoms with Crippen LogP contribution in [-0.4, -0.2) is 52.5 Å². The van der Waals surface area contributed by atoms with Crippen molar-refractivity contribution < 1.29 is 19.1 Å². The number of fused-ring (bicyclic) bond motifs is 1. The lowest BCUT2D eigenvalue weighted by atomic mass is 9.70. The molecule has 7 heteroatoms. The van der Waals surface area contributed by atoms with Gasteiger partial charge in [-0.05, 0) is 31.2 Å². The first kappa shape index (κ1) is 23.8. The minimum Gasteiger partial charge on any atom is -0.356 e. The molecule has 2 bridgehead atoms. The average molecular weight is 478 g/mol. The van der Waals surface area contributed by atoms with E-state index in [4.69, 9.17) is 4.74 Å². The number of carbonyl (C=O) groups is 3. The summed E-state index contributed by atoms with van der Waals surface area (Å²) in [6.07, 6.45) is 9.65. The van der Waals surface area contributed by atoms with Gasteiger partial charge in [0.2, 0.25) is 17.7 Å². The predicted molar refractivity (Wildman–Crippen MR) is 132 cm³/mol. The number of carbonyl (C=O) groups excluding carboxylic acids is 3. The minimum atomic E-state index is -1.17. The Labute approximate surface area is 207 Å². The Hall–Kier alpha value is -2.93. The molecular weight excluding hydrogens is 442 g/mol. The summed E-state index contributed by atoms with van der Waals surface area (Å²) < 4.78 is 6.52. The van der Waals surface area contributed by atoms with Crippen LogP contribution in [0.5, 0.6) is 0 Å². The summed E-state index contributed by atoms with van der Waals surface area (Å²) in [4.78, 5) is 42.5. The van der Waals surface area contributed by atoms with Crippen LogP contribution in [0.15, 0.2) is 55.1 Å². The van der Waals surface area contributed by atoms with E-state index in [-0.39, 0.29) is 30.3 Å². The Balaban J connectivity index is 1.42. The summed E-state index contributed by atoms with van der Waals surface area (Å²) in [5.41, 5.74) is -1.14. The highest BCUT2D eigenvalue weighted by Gasteiger charge is 2.76. The van der Waals surface area contributed by atoms with Crippen LogP contribution in [-0.2, 0) is 25.7 Å². The van der Waals surface area contributed by atoms with Crippen LogP contribution in [0.3, 0.4) is 0 Å². The molecule has 1 aromatic rings. The molecular formula is C28H35N3O4. The molecule has 35 heavy (non-hydrogen) atoms. The zero-order valence-corrected chi connectivity index (χ0v) is 20.5. The van der Waals surface area contributed by atoms with Gasteiger partial charge in [0, 0.05) is 19.1 Å². The van der Waals surface area contributed by atoms with Crippen molar-refractivity contribution in [1.82, 2.24) is 15.5 Å². The summed E-state index contributed by atoms with van der Waals surface area (Å²) in [7, 11) is 0. The van der Waals surface area contributed by atoms with Crippen LogP contribution in [0.2, 0.25) is 0 Å². The maximum absolute atomic E-state index is 13.8. The lowest BCUT2D eigenvalue weighted by Crippen LogP contribution is -2.54. The summed E-state index contributed by atoms with van der Waals surface area (Å²) in [6.45, 7) is 8.37. The Bertz CT molecular complexity index is 1060. The van der Waals surface area contributed by atoms with E-state index >= 15 is 0 Å². The predicted octanol–water partition coefficient (Wildman–Crippen LogP) is 2.72. The Morgan fingerprint density at radius 3 is 2.63 bits per heavy atom. The van der Waals surface area contributed by atoms with Crippen molar-refractivity contribution in [1.29, 1.82) is 0 Å². The van der Waals surface area contributed by atoms with Crippen LogP contribution in [0.1, 0.15) is 45.1 Å². The van der Waals surface area contributed by atoms with Gasteiger partial charge in [-0.15, -0.1) is 6.58 Å². The standard InChI is InChI=1S/C28H35N3O4/c1-4-16-31-23(25(33)29-17-19-11-6-5-7-12-19)28-15-14-27(3,35-28)21(22(28)26(31)34)24(32)30-20-13-9-8-10-18(20)2/h4-7,11-12,14-15,18,20-23H,1,8-10,13,16-17H2,2-3H3,(H,29,33)(H,30,32)/t18-,20-,21-,22+,23-,27-,28+/m1/s1. The number of ether oxygens (including phenoxy) is 1. The second-order valence-electron chi connectivity index (χ2n) is 10.7. The first-order valence-corrected chi connectivity index (χ1v) is 12.7. The molecule has 0 radical (unpaired) electrons. The smallest absolute Gasteiger partial charge is 0.246 e. The van der Waals surface area contributed by atoms with Crippen LogP contribution in [0, 0.1) is 17.8 Å². The monoisotopic (exact) mass is 477 g/mol. The SMILES string of the molecule is C=CCN1C(=O)[C@@H]2[C@H](C(=O)N[C@@H]3CCCC[C@H]3C)[C@@]3(C)C=C[C@@]2(O3)[C@H]1C(=O)NCc1ccccc1. The van der Waals surface area contributed by atoms with E-state index in [9.17, 15) is 14.4 Å². The fourth-order valence-corrected chi connectivity index (χ4v) is 6.65. The van der Waals surface area contributed by atoms with Crippen molar-refractivity contribution in [2.45, 2.75) is 69.4 Å². The molecule has 1 aliphatic carbocycles. The lowest BCUT2D eigenvalue weighted by Gasteiger charge is -2.34. The Kier molecular flexibility index (Phi) is 6.08. The minimum absolute atomic E-state index is 0.102. The van der Waals surface area contributed by atoms with Crippen molar-refractivity contribution in [3.8, 4) is 0 Å². The number of likely N-dealkylation sites (tertiary alicyclic amines) is 1. The topological polar surface area (TPSA) is 87.7 Å². The first-order chi connectivity index (χ1) is 16.8. The van der Waals surface area contributed by atoms with Crippen LogP contribution >= 0.6 is 0 Å². The maximum atomic E-state index is 13.8. The molecule has 3 heterocycles. The van der Waals surface area contributed by atoms with E-state index in [0.29, 0.717) is 12.5 Å².